The standard InChI is InChI=1S/C14H22ClN3O2S/c1-3-18(21(2,19)20)13-6-8-17(9-7-13)11-12-4-5-14(15)16-10-12/h4-5,10,13H,3,6-9,11H2,1-2H3. The summed E-state index contributed by atoms with van der Waals surface area (Å²) in [5.74, 6) is 0. The van der Waals surface area contributed by atoms with Gasteiger partial charge in [0.05, 0.1) is 6.26 Å². The fraction of sp³-hybridized carbons (Fsp3) is 0.643. The lowest BCUT2D eigenvalue weighted by Crippen LogP contribution is -2.46. The van der Waals surface area contributed by atoms with E-state index in [1.807, 2.05) is 13.0 Å². The predicted octanol–water partition coefficient (Wildman–Crippen LogP) is 1.98. The Kier molecular flexibility index (Phi) is 5.60. The number of halogens is 1. The minimum atomic E-state index is -3.11. The van der Waals surface area contributed by atoms with Gasteiger partial charge in [-0.25, -0.2) is 13.4 Å². The molecule has 2 rings (SSSR count). The molecule has 1 aliphatic heterocycles. The fourth-order valence-electron chi connectivity index (χ4n) is 2.89. The average Bonchev–Trinajstić information content (AvgIpc) is 2.42. The van der Waals surface area contributed by atoms with Crippen molar-refractivity contribution in [1.82, 2.24) is 14.2 Å². The van der Waals surface area contributed by atoms with Crippen LogP contribution < -0.4 is 0 Å². The van der Waals surface area contributed by atoms with Gasteiger partial charge in [-0.15, -0.1) is 0 Å². The minimum absolute atomic E-state index is 0.129. The molecule has 0 aromatic carbocycles. The van der Waals surface area contributed by atoms with Crippen LogP contribution in [0.25, 0.3) is 0 Å². The highest BCUT2D eigenvalue weighted by atomic mass is 35.5. The molecule has 21 heavy (non-hydrogen) atoms. The van der Waals surface area contributed by atoms with Gasteiger partial charge in [-0.05, 0) is 24.5 Å². The fourth-order valence-corrected chi connectivity index (χ4v) is 4.22. The van der Waals surface area contributed by atoms with E-state index < -0.39 is 10.0 Å². The molecule has 1 aromatic rings. The van der Waals surface area contributed by atoms with Gasteiger partial charge in [-0.3, -0.25) is 4.90 Å². The monoisotopic (exact) mass is 331 g/mol. The molecule has 0 radical (unpaired) electrons. The molecular weight excluding hydrogens is 310 g/mol. The number of pyridine rings is 1. The van der Waals surface area contributed by atoms with Crippen LogP contribution in [0.1, 0.15) is 25.3 Å². The first-order valence-corrected chi connectivity index (χ1v) is 9.42. The van der Waals surface area contributed by atoms with Crippen molar-refractivity contribution in [3.05, 3.63) is 29.0 Å². The molecule has 1 aliphatic rings. The number of hydrogen-bond donors (Lipinski definition) is 0. The molecule has 1 fully saturated rings. The minimum Gasteiger partial charge on any atom is -0.299 e. The van der Waals surface area contributed by atoms with Crippen molar-refractivity contribution >= 4 is 21.6 Å². The predicted molar refractivity (Wildman–Crippen MR) is 84.8 cm³/mol. The highest BCUT2D eigenvalue weighted by Crippen LogP contribution is 2.20. The zero-order chi connectivity index (χ0) is 15.5. The second-order valence-corrected chi connectivity index (χ2v) is 7.79. The van der Waals surface area contributed by atoms with E-state index >= 15 is 0 Å². The Balaban J connectivity index is 1.89. The number of aromatic nitrogens is 1. The highest BCUT2D eigenvalue weighted by Gasteiger charge is 2.28. The zero-order valence-electron chi connectivity index (χ0n) is 12.5. The summed E-state index contributed by atoms with van der Waals surface area (Å²) in [6.45, 7) is 5.08. The molecule has 0 amide bonds. The number of rotatable bonds is 5. The average molecular weight is 332 g/mol. The maximum Gasteiger partial charge on any atom is 0.211 e. The van der Waals surface area contributed by atoms with E-state index in [1.54, 1.807) is 16.6 Å². The molecule has 0 spiro atoms. The molecular formula is C14H22ClN3O2S. The maximum absolute atomic E-state index is 11.8. The van der Waals surface area contributed by atoms with E-state index in [2.05, 4.69) is 9.88 Å². The molecule has 0 N–H and O–H groups in total. The van der Waals surface area contributed by atoms with Gasteiger partial charge in [0.25, 0.3) is 0 Å². The van der Waals surface area contributed by atoms with Gasteiger partial charge < -0.3 is 0 Å². The molecule has 118 valence electrons. The molecule has 0 saturated carbocycles. The van der Waals surface area contributed by atoms with Crippen molar-refractivity contribution in [2.75, 3.05) is 25.9 Å². The van der Waals surface area contributed by atoms with E-state index in [0.717, 1.165) is 38.0 Å². The van der Waals surface area contributed by atoms with Crippen molar-refractivity contribution in [2.24, 2.45) is 0 Å². The third-order valence-corrected chi connectivity index (χ3v) is 5.53. The van der Waals surface area contributed by atoms with Crippen molar-refractivity contribution in [1.29, 1.82) is 0 Å². The lowest BCUT2D eigenvalue weighted by Gasteiger charge is -2.36. The van der Waals surface area contributed by atoms with Crippen LogP contribution in [0.3, 0.4) is 0 Å². The molecule has 0 aliphatic carbocycles. The van der Waals surface area contributed by atoms with Crippen LogP contribution >= 0.6 is 11.6 Å². The summed E-state index contributed by atoms with van der Waals surface area (Å²) in [5, 5.41) is 0.504. The Morgan fingerprint density at radius 2 is 2.05 bits per heavy atom. The molecule has 1 aromatic heterocycles. The van der Waals surface area contributed by atoms with Crippen molar-refractivity contribution in [2.45, 2.75) is 32.4 Å². The second kappa shape index (κ2) is 7.05. The summed E-state index contributed by atoms with van der Waals surface area (Å²) in [7, 11) is -3.11. The Bertz CT molecular complexity index is 554. The lowest BCUT2D eigenvalue weighted by atomic mass is 10.0. The first kappa shape index (κ1) is 16.7. The summed E-state index contributed by atoms with van der Waals surface area (Å²) in [4.78, 5) is 6.42. The van der Waals surface area contributed by atoms with Gasteiger partial charge in [0.1, 0.15) is 5.15 Å². The number of piperidine rings is 1. The van der Waals surface area contributed by atoms with E-state index in [4.69, 9.17) is 11.6 Å². The highest BCUT2D eigenvalue weighted by molar-refractivity contribution is 7.88. The van der Waals surface area contributed by atoms with E-state index in [0.29, 0.717) is 11.7 Å². The topological polar surface area (TPSA) is 53.5 Å². The third kappa shape index (κ3) is 4.64. The molecule has 0 atom stereocenters. The Hall–Kier alpha value is -0.690. The maximum atomic E-state index is 11.8. The van der Waals surface area contributed by atoms with Crippen LogP contribution in [-0.2, 0) is 16.6 Å². The van der Waals surface area contributed by atoms with Gasteiger partial charge in [0.15, 0.2) is 0 Å². The van der Waals surface area contributed by atoms with Crippen molar-refractivity contribution in [3.8, 4) is 0 Å². The van der Waals surface area contributed by atoms with E-state index in [1.165, 1.54) is 6.26 Å². The Morgan fingerprint density at radius 3 is 2.52 bits per heavy atom. The van der Waals surface area contributed by atoms with Gasteiger partial charge in [0, 0.05) is 38.4 Å². The van der Waals surface area contributed by atoms with Gasteiger partial charge in [-0.2, -0.15) is 4.31 Å². The van der Waals surface area contributed by atoms with E-state index in [9.17, 15) is 8.42 Å². The molecule has 2 heterocycles. The summed E-state index contributed by atoms with van der Waals surface area (Å²) < 4.78 is 25.1. The normalized spacial score (nSPS) is 18.3. The Labute approximate surface area is 132 Å². The van der Waals surface area contributed by atoms with Crippen LogP contribution in [0.5, 0.6) is 0 Å². The van der Waals surface area contributed by atoms with Crippen molar-refractivity contribution in [3.63, 3.8) is 0 Å². The first-order chi connectivity index (χ1) is 9.90. The largest absolute Gasteiger partial charge is 0.299 e. The number of nitrogens with zero attached hydrogens (tertiary/aromatic N) is 3. The van der Waals surface area contributed by atoms with Gasteiger partial charge in [0.2, 0.25) is 10.0 Å². The Morgan fingerprint density at radius 1 is 1.38 bits per heavy atom. The SMILES string of the molecule is CCN(C1CCN(Cc2ccc(Cl)nc2)CC1)S(C)(=O)=O. The number of hydrogen-bond acceptors (Lipinski definition) is 4. The van der Waals surface area contributed by atoms with Crippen LogP contribution in [0, 0.1) is 0 Å². The van der Waals surface area contributed by atoms with Crippen molar-refractivity contribution < 1.29 is 8.42 Å². The third-order valence-electron chi connectivity index (χ3n) is 3.90. The summed E-state index contributed by atoms with van der Waals surface area (Å²) in [6, 6.07) is 3.91. The number of sulfonamides is 1. The second-order valence-electron chi connectivity index (χ2n) is 5.46. The molecule has 7 heteroatoms. The first-order valence-electron chi connectivity index (χ1n) is 7.19. The van der Waals surface area contributed by atoms with Crippen LogP contribution in [0.2, 0.25) is 5.15 Å². The van der Waals surface area contributed by atoms with Gasteiger partial charge in [-0.1, -0.05) is 24.6 Å². The molecule has 0 bridgehead atoms. The summed E-state index contributed by atoms with van der Waals surface area (Å²) >= 11 is 5.78. The molecule has 5 nitrogen and oxygen atoms in total. The van der Waals surface area contributed by atoms with Crippen LogP contribution in [-0.4, -0.2) is 54.5 Å². The summed E-state index contributed by atoms with van der Waals surface area (Å²) in [5.41, 5.74) is 1.13. The van der Waals surface area contributed by atoms with Crippen LogP contribution in [0.4, 0.5) is 0 Å². The van der Waals surface area contributed by atoms with Crippen LogP contribution in [0.15, 0.2) is 18.3 Å². The quantitative estimate of drug-likeness (QED) is 0.774. The number of likely N-dealkylation sites (tertiary alicyclic amines) is 1. The molecule has 0 unspecified atom stereocenters. The van der Waals surface area contributed by atoms with E-state index in [-0.39, 0.29) is 6.04 Å². The lowest BCUT2D eigenvalue weighted by molar-refractivity contribution is 0.156. The molecule has 1 saturated heterocycles. The zero-order valence-corrected chi connectivity index (χ0v) is 14.1. The van der Waals surface area contributed by atoms with Gasteiger partial charge >= 0.3 is 0 Å². The smallest absolute Gasteiger partial charge is 0.211 e. The summed E-state index contributed by atoms with van der Waals surface area (Å²) in [6.07, 6.45) is 4.84.